The highest BCUT2D eigenvalue weighted by molar-refractivity contribution is 6.42. The lowest BCUT2D eigenvalue weighted by molar-refractivity contribution is -0.138. The molecule has 4 nitrogen and oxygen atoms in total. The van der Waals surface area contributed by atoms with Crippen LogP contribution in [0.4, 0.5) is 0 Å². The number of aliphatic hydroxyl groups is 1. The van der Waals surface area contributed by atoms with Crippen LogP contribution in [-0.2, 0) is 11.2 Å². The van der Waals surface area contributed by atoms with E-state index in [4.69, 9.17) is 23.2 Å². The molecule has 0 spiro atoms. The van der Waals surface area contributed by atoms with Crippen LogP contribution < -0.4 is 0 Å². The second-order valence-electron chi connectivity index (χ2n) is 8.32. The molecule has 0 bridgehead atoms. The summed E-state index contributed by atoms with van der Waals surface area (Å²) in [4.78, 5) is 17.4. The number of hydrogen-bond acceptors (Lipinski definition) is 3. The van der Waals surface area contributed by atoms with Crippen LogP contribution in [0, 0.1) is 5.41 Å². The van der Waals surface area contributed by atoms with E-state index in [1.165, 1.54) is 0 Å². The minimum Gasteiger partial charge on any atom is -0.392 e. The fourth-order valence-corrected chi connectivity index (χ4v) is 4.56. The molecule has 0 aliphatic carbocycles. The Morgan fingerprint density at radius 3 is 2.69 bits per heavy atom. The summed E-state index contributed by atoms with van der Waals surface area (Å²) in [6, 6.07) is 5.56. The molecule has 1 amide bonds. The van der Waals surface area contributed by atoms with Gasteiger partial charge in [-0.25, -0.2) is 0 Å². The van der Waals surface area contributed by atoms with Gasteiger partial charge in [-0.3, -0.25) is 9.69 Å². The van der Waals surface area contributed by atoms with Crippen LogP contribution in [0.15, 0.2) is 18.2 Å². The molecule has 144 valence electrons. The monoisotopic (exact) mass is 398 g/mol. The normalized spacial score (nSPS) is 26.3. The van der Waals surface area contributed by atoms with Crippen LogP contribution in [0.2, 0.25) is 10.0 Å². The number of likely N-dealkylation sites (tertiary alicyclic amines) is 2. The third-order valence-electron chi connectivity index (χ3n) is 5.84. The molecule has 1 N–H and O–H groups in total. The maximum atomic E-state index is 13.1. The quantitative estimate of drug-likeness (QED) is 0.841. The Morgan fingerprint density at radius 1 is 1.27 bits per heavy atom. The third kappa shape index (κ3) is 4.53. The lowest BCUT2D eigenvalue weighted by Crippen LogP contribution is -2.57. The maximum Gasteiger partial charge on any atom is 0.227 e. The Bertz CT molecular complexity index is 665. The van der Waals surface area contributed by atoms with Gasteiger partial charge in [0.05, 0.1) is 22.6 Å². The molecule has 2 aliphatic heterocycles. The van der Waals surface area contributed by atoms with E-state index >= 15 is 0 Å². The summed E-state index contributed by atoms with van der Waals surface area (Å²) in [5.74, 6) is 0.140. The third-order valence-corrected chi connectivity index (χ3v) is 6.58. The lowest BCUT2D eigenvalue weighted by atomic mass is 9.76. The van der Waals surface area contributed by atoms with Crippen LogP contribution >= 0.6 is 23.2 Å². The number of amides is 1. The zero-order valence-electron chi connectivity index (χ0n) is 15.5. The second-order valence-corrected chi connectivity index (χ2v) is 9.14. The minimum absolute atomic E-state index is 0.0685. The van der Waals surface area contributed by atoms with Crippen molar-refractivity contribution in [1.29, 1.82) is 0 Å². The van der Waals surface area contributed by atoms with Crippen molar-refractivity contribution in [2.75, 3.05) is 26.2 Å². The van der Waals surface area contributed by atoms with E-state index in [9.17, 15) is 9.90 Å². The first-order valence-corrected chi connectivity index (χ1v) is 10.2. The highest BCUT2D eigenvalue weighted by Crippen LogP contribution is 2.36. The van der Waals surface area contributed by atoms with Gasteiger partial charge in [0.15, 0.2) is 0 Å². The highest BCUT2D eigenvalue weighted by atomic mass is 35.5. The fourth-order valence-electron chi connectivity index (χ4n) is 4.24. The lowest BCUT2D eigenvalue weighted by Gasteiger charge is -2.48. The number of hydrogen-bond donors (Lipinski definition) is 1. The molecule has 2 heterocycles. The number of rotatable bonds is 4. The molecule has 2 atom stereocenters. The van der Waals surface area contributed by atoms with Gasteiger partial charge in [-0.05, 0) is 42.4 Å². The number of β-amino-alcohol motifs (C(OH)–C–C–N with tert-alkyl or cyclic N) is 1. The summed E-state index contributed by atoms with van der Waals surface area (Å²) >= 11 is 12.1. The first-order chi connectivity index (χ1) is 12.3. The number of carbonyl (C=O) groups excluding carboxylic acids is 1. The van der Waals surface area contributed by atoms with Gasteiger partial charge in [-0.15, -0.1) is 0 Å². The van der Waals surface area contributed by atoms with Crippen LogP contribution in [-0.4, -0.2) is 59.1 Å². The molecule has 26 heavy (non-hydrogen) atoms. The highest BCUT2D eigenvalue weighted by Gasteiger charge is 2.41. The van der Waals surface area contributed by atoms with Crippen molar-refractivity contribution in [1.82, 2.24) is 9.80 Å². The fraction of sp³-hybridized carbons (Fsp3) is 0.650. The van der Waals surface area contributed by atoms with E-state index in [1.807, 2.05) is 6.07 Å². The Balaban J connectivity index is 1.73. The predicted octanol–water partition coefficient (Wildman–Crippen LogP) is 3.62. The first kappa shape index (κ1) is 19.9. The van der Waals surface area contributed by atoms with E-state index in [1.54, 1.807) is 12.1 Å². The summed E-state index contributed by atoms with van der Waals surface area (Å²) in [6.07, 6.45) is 3.07. The molecule has 0 radical (unpaired) electrons. The van der Waals surface area contributed by atoms with Crippen molar-refractivity contribution < 1.29 is 9.90 Å². The molecule has 1 aromatic carbocycles. The van der Waals surface area contributed by atoms with E-state index in [0.717, 1.165) is 44.5 Å². The first-order valence-electron chi connectivity index (χ1n) is 9.40. The van der Waals surface area contributed by atoms with Crippen molar-refractivity contribution in [3.05, 3.63) is 33.8 Å². The Labute approximate surface area is 166 Å². The van der Waals surface area contributed by atoms with Gasteiger partial charge in [0.2, 0.25) is 5.91 Å². The van der Waals surface area contributed by atoms with Gasteiger partial charge < -0.3 is 10.0 Å². The molecular weight excluding hydrogens is 371 g/mol. The van der Waals surface area contributed by atoms with Gasteiger partial charge in [0.25, 0.3) is 0 Å². The number of halogens is 2. The standard InChI is InChI=1S/C20H28Cl2N2O2/c1-20(2)7-3-8-24(18(20)13-23-9-6-15(25)12-23)19(26)11-14-4-5-16(21)17(22)10-14/h4-5,10,15,18,25H,3,6-9,11-13H2,1-2H3. The number of aliphatic hydroxyl groups excluding tert-OH is 1. The second kappa shape index (κ2) is 8.05. The maximum absolute atomic E-state index is 13.1. The summed E-state index contributed by atoms with van der Waals surface area (Å²) in [7, 11) is 0. The molecule has 6 heteroatoms. The molecule has 1 aromatic rings. The van der Waals surface area contributed by atoms with Crippen molar-refractivity contribution in [3.8, 4) is 0 Å². The number of piperidine rings is 1. The average molecular weight is 399 g/mol. The Kier molecular flexibility index (Phi) is 6.18. The Morgan fingerprint density at radius 2 is 2.04 bits per heavy atom. The number of carbonyl (C=O) groups is 1. The zero-order valence-corrected chi connectivity index (χ0v) is 17.1. The molecular formula is C20H28Cl2N2O2. The van der Waals surface area contributed by atoms with Gasteiger partial charge in [0, 0.05) is 32.2 Å². The van der Waals surface area contributed by atoms with Gasteiger partial charge in [-0.2, -0.15) is 0 Å². The van der Waals surface area contributed by atoms with E-state index < -0.39 is 0 Å². The van der Waals surface area contributed by atoms with Gasteiger partial charge >= 0.3 is 0 Å². The molecule has 2 fully saturated rings. The molecule has 2 saturated heterocycles. The molecule has 2 aliphatic rings. The van der Waals surface area contributed by atoms with Crippen LogP contribution in [0.1, 0.15) is 38.7 Å². The summed E-state index contributed by atoms with van der Waals surface area (Å²) < 4.78 is 0. The summed E-state index contributed by atoms with van der Waals surface area (Å²) in [5.41, 5.74) is 0.960. The number of benzene rings is 1. The Hall–Kier alpha value is -0.810. The zero-order chi connectivity index (χ0) is 18.9. The smallest absolute Gasteiger partial charge is 0.227 e. The van der Waals surface area contributed by atoms with Crippen molar-refractivity contribution in [2.45, 2.75) is 51.7 Å². The van der Waals surface area contributed by atoms with E-state index in [0.29, 0.717) is 23.0 Å². The SMILES string of the molecule is CC1(C)CCCN(C(=O)Cc2ccc(Cl)c(Cl)c2)C1CN1CCC(O)C1. The van der Waals surface area contributed by atoms with Gasteiger partial charge in [-0.1, -0.05) is 43.1 Å². The minimum atomic E-state index is -0.234. The predicted molar refractivity (Wildman–Crippen MR) is 106 cm³/mol. The van der Waals surface area contributed by atoms with Crippen LogP contribution in [0.3, 0.4) is 0 Å². The van der Waals surface area contributed by atoms with Crippen LogP contribution in [0.25, 0.3) is 0 Å². The van der Waals surface area contributed by atoms with Crippen molar-refractivity contribution in [3.63, 3.8) is 0 Å². The number of nitrogens with zero attached hydrogens (tertiary/aromatic N) is 2. The van der Waals surface area contributed by atoms with Gasteiger partial charge in [0.1, 0.15) is 0 Å². The molecule has 0 aromatic heterocycles. The summed E-state index contributed by atoms with van der Waals surface area (Å²) in [6.45, 7) is 7.75. The average Bonchev–Trinajstić information content (AvgIpc) is 2.98. The van der Waals surface area contributed by atoms with Crippen molar-refractivity contribution in [2.24, 2.45) is 5.41 Å². The largest absolute Gasteiger partial charge is 0.392 e. The topological polar surface area (TPSA) is 43.8 Å². The van der Waals surface area contributed by atoms with E-state index in [-0.39, 0.29) is 23.5 Å². The van der Waals surface area contributed by atoms with Crippen molar-refractivity contribution >= 4 is 29.1 Å². The van der Waals surface area contributed by atoms with E-state index in [2.05, 4.69) is 23.6 Å². The molecule has 0 saturated carbocycles. The summed E-state index contributed by atoms with van der Waals surface area (Å²) in [5, 5.41) is 10.8. The molecule has 2 unspecified atom stereocenters. The molecule has 3 rings (SSSR count). The van der Waals surface area contributed by atoms with Crippen LogP contribution in [0.5, 0.6) is 0 Å².